The van der Waals surface area contributed by atoms with Crippen LogP contribution in [-0.2, 0) is 0 Å². The Labute approximate surface area is 161 Å². The minimum atomic E-state index is 1.02. The van der Waals surface area contributed by atoms with Crippen molar-refractivity contribution in [1.29, 1.82) is 0 Å². The Morgan fingerprint density at radius 3 is 2.44 bits per heavy atom. The normalized spacial score (nSPS) is 15.7. The SMILES string of the molecule is CCN1CCN(c2nc(C=Cc3ccccc3C)cc3ccccc23)CC1. The van der Waals surface area contributed by atoms with E-state index in [1.54, 1.807) is 0 Å². The zero-order valence-electron chi connectivity index (χ0n) is 16.2. The average Bonchev–Trinajstić information content (AvgIpc) is 2.72. The fourth-order valence-corrected chi connectivity index (χ4v) is 3.75. The lowest BCUT2D eigenvalue weighted by Crippen LogP contribution is -2.46. The Bertz CT molecular complexity index is 953. The summed E-state index contributed by atoms with van der Waals surface area (Å²) in [6.07, 6.45) is 4.31. The summed E-state index contributed by atoms with van der Waals surface area (Å²) in [6.45, 7) is 9.80. The molecule has 1 fully saturated rings. The van der Waals surface area contributed by atoms with Gasteiger partial charge in [-0.05, 0) is 42.1 Å². The molecule has 0 N–H and O–H groups in total. The molecule has 3 aromatic rings. The van der Waals surface area contributed by atoms with Crippen LogP contribution in [0.2, 0.25) is 0 Å². The minimum Gasteiger partial charge on any atom is -0.354 e. The van der Waals surface area contributed by atoms with Crippen molar-refractivity contribution in [2.45, 2.75) is 13.8 Å². The van der Waals surface area contributed by atoms with Crippen molar-refractivity contribution in [1.82, 2.24) is 9.88 Å². The second kappa shape index (κ2) is 7.93. The van der Waals surface area contributed by atoms with Crippen molar-refractivity contribution >= 4 is 28.7 Å². The maximum Gasteiger partial charge on any atom is 0.137 e. The van der Waals surface area contributed by atoms with Gasteiger partial charge in [0.25, 0.3) is 0 Å². The molecular weight excluding hydrogens is 330 g/mol. The van der Waals surface area contributed by atoms with E-state index in [1.165, 1.54) is 21.9 Å². The van der Waals surface area contributed by atoms with Crippen LogP contribution in [0, 0.1) is 6.92 Å². The van der Waals surface area contributed by atoms with Crippen LogP contribution in [0.15, 0.2) is 54.6 Å². The van der Waals surface area contributed by atoms with Gasteiger partial charge in [-0.3, -0.25) is 0 Å². The maximum atomic E-state index is 5.04. The number of pyridine rings is 1. The summed E-state index contributed by atoms with van der Waals surface area (Å²) in [4.78, 5) is 9.99. The number of rotatable bonds is 4. The minimum absolute atomic E-state index is 1.02. The summed E-state index contributed by atoms with van der Waals surface area (Å²) in [5, 5.41) is 2.50. The molecule has 0 radical (unpaired) electrons. The van der Waals surface area contributed by atoms with E-state index >= 15 is 0 Å². The first-order valence-corrected chi connectivity index (χ1v) is 9.85. The molecule has 0 bridgehead atoms. The van der Waals surface area contributed by atoms with E-state index in [-0.39, 0.29) is 0 Å². The lowest BCUT2D eigenvalue weighted by molar-refractivity contribution is 0.271. The summed E-state index contributed by atoms with van der Waals surface area (Å²) < 4.78 is 0. The molecule has 2 aromatic carbocycles. The molecular formula is C24H27N3. The van der Waals surface area contributed by atoms with E-state index in [2.05, 4.69) is 90.4 Å². The molecule has 1 saturated heterocycles. The number of aryl methyl sites for hydroxylation is 1. The van der Waals surface area contributed by atoms with E-state index in [9.17, 15) is 0 Å². The van der Waals surface area contributed by atoms with Gasteiger partial charge in [-0.15, -0.1) is 0 Å². The van der Waals surface area contributed by atoms with E-state index in [1.807, 2.05) is 0 Å². The van der Waals surface area contributed by atoms with Crippen LogP contribution < -0.4 is 4.90 Å². The second-order valence-corrected chi connectivity index (χ2v) is 7.20. The van der Waals surface area contributed by atoms with Gasteiger partial charge >= 0.3 is 0 Å². The number of likely N-dealkylation sites (N-methyl/N-ethyl adjacent to an activating group) is 1. The molecule has 4 rings (SSSR count). The summed E-state index contributed by atoms with van der Waals surface area (Å²) in [7, 11) is 0. The Morgan fingerprint density at radius 1 is 0.926 bits per heavy atom. The summed E-state index contributed by atoms with van der Waals surface area (Å²) in [5.41, 5.74) is 3.54. The van der Waals surface area contributed by atoms with Gasteiger partial charge in [-0.25, -0.2) is 4.98 Å². The molecule has 0 aliphatic carbocycles. The van der Waals surface area contributed by atoms with E-state index in [0.717, 1.165) is 44.2 Å². The highest BCUT2D eigenvalue weighted by molar-refractivity contribution is 5.94. The van der Waals surface area contributed by atoms with E-state index < -0.39 is 0 Å². The van der Waals surface area contributed by atoms with Gasteiger partial charge in [0.2, 0.25) is 0 Å². The number of hydrogen-bond acceptors (Lipinski definition) is 3. The topological polar surface area (TPSA) is 19.4 Å². The molecule has 2 heterocycles. The summed E-state index contributed by atoms with van der Waals surface area (Å²) >= 11 is 0. The Kier molecular flexibility index (Phi) is 5.21. The number of anilines is 1. The predicted molar refractivity (Wildman–Crippen MR) is 116 cm³/mol. The molecule has 0 amide bonds. The molecule has 1 aliphatic heterocycles. The van der Waals surface area contributed by atoms with E-state index in [0.29, 0.717) is 0 Å². The monoisotopic (exact) mass is 357 g/mol. The van der Waals surface area contributed by atoms with Gasteiger partial charge in [0.15, 0.2) is 0 Å². The third kappa shape index (κ3) is 3.88. The number of benzene rings is 2. The third-order valence-electron chi connectivity index (χ3n) is 5.48. The van der Waals surface area contributed by atoms with Crippen LogP contribution in [0.5, 0.6) is 0 Å². The standard InChI is InChI=1S/C24H27N3/c1-3-26-14-16-27(17-15-26)24-23-11-7-6-10-21(23)18-22(25-24)13-12-20-9-5-4-8-19(20)2/h4-13,18H,3,14-17H2,1-2H3. The lowest BCUT2D eigenvalue weighted by Gasteiger charge is -2.35. The lowest BCUT2D eigenvalue weighted by atomic mass is 10.1. The first-order chi connectivity index (χ1) is 13.2. The van der Waals surface area contributed by atoms with Gasteiger partial charge in [-0.1, -0.05) is 61.5 Å². The quantitative estimate of drug-likeness (QED) is 0.665. The predicted octanol–water partition coefficient (Wildman–Crippen LogP) is 4.86. The van der Waals surface area contributed by atoms with Crippen molar-refractivity contribution in [3.8, 4) is 0 Å². The molecule has 3 nitrogen and oxygen atoms in total. The third-order valence-corrected chi connectivity index (χ3v) is 5.48. The zero-order valence-corrected chi connectivity index (χ0v) is 16.2. The molecule has 3 heteroatoms. The van der Waals surface area contributed by atoms with Gasteiger partial charge in [-0.2, -0.15) is 0 Å². The Balaban J connectivity index is 1.69. The zero-order chi connectivity index (χ0) is 18.6. The van der Waals surface area contributed by atoms with Crippen LogP contribution in [0.25, 0.3) is 22.9 Å². The molecule has 27 heavy (non-hydrogen) atoms. The maximum absolute atomic E-state index is 5.04. The van der Waals surface area contributed by atoms with Crippen LogP contribution in [0.4, 0.5) is 5.82 Å². The Hall–Kier alpha value is -2.65. The highest BCUT2D eigenvalue weighted by Crippen LogP contribution is 2.27. The highest BCUT2D eigenvalue weighted by Gasteiger charge is 2.19. The number of aromatic nitrogens is 1. The molecule has 1 aromatic heterocycles. The fraction of sp³-hybridized carbons (Fsp3) is 0.292. The van der Waals surface area contributed by atoms with Gasteiger partial charge in [0.05, 0.1) is 5.69 Å². The first kappa shape index (κ1) is 17.7. The van der Waals surface area contributed by atoms with Crippen molar-refractivity contribution in [2.24, 2.45) is 0 Å². The van der Waals surface area contributed by atoms with Crippen molar-refractivity contribution < 1.29 is 0 Å². The smallest absolute Gasteiger partial charge is 0.137 e. The number of fused-ring (bicyclic) bond motifs is 1. The molecule has 138 valence electrons. The van der Waals surface area contributed by atoms with E-state index in [4.69, 9.17) is 4.98 Å². The van der Waals surface area contributed by atoms with Crippen molar-refractivity contribution in [2.75, 3.05) is 37.6 Å². The first-order valence-electron chi connectivity index (χ1n) is 9.85. The number of piperazine rings is 1. The molecule has 1 aliphatic rings. The molecule has 0 unspecified atom stereocenters. The van der Waals surface area contributed by atoms with Crippen LogP contribution in [0.3, 0.4) is 0 Å². The number of nitrogens with zero attached hydrogens (tertiary/aromatic N) is 3. The second-order valence-electron chi connectivity index (χ2n) is 7.20. The van der Waals surface area contributed by atoms with Crippen molar-refractivity contribution in [3.05, 3.63) is 71.4 Å². The van der Waals surface area contributed by atoms with Gasteiger partial charge < -0.3 is 9.80 Å². The average molecular weight is 358 g/mol. The summed E-state index contributed by atoms with van der Waals surface area (Å²) in [6, 6.07) is 19.2. The Morgan fingerprint density at radius 2 is 1.67 bits per heavy atom. The van der Waals surface area contributed by atoms with Crippen LogP contribution >= 0.6 is 0 Å². The number of hydrogen-bond donors (Lipinski definition) is 0. The fourth-order valence-electron chi connectivity index (χ4n) is 3.75. The van der Waals surface area contributed by atoms with Crippen LogP contribution in [-0.4, -0.2) is 42.6 Å². The molecule has 0 spiro atoms. The van der Waals surface area contributed by atoms with Crippen molar-refractivity contribution in [3.63, 3.8) is 0 Å². The van der Waals surface area contributed by atoms with Gasteiger partial charge in [0, 0.05) is 31.6 Å². The largest absolute Gasteiger partial charge is 0.354 e. The highest BCUT2D eigenvalue weighted by atomic mass is 15.3. The summed E-state index contributed by atoms with van der Waals surface area (Å²) in [5.74, 6) is 1.12. The van der Waals surface area contributed by atoms with Crippen LogP contribution in [0.1, 0.15) is 23.7 Å². The molecule has 0 atom stereocenters. The molecule has 0 saturated carbocycles. The van der Waals surface area contributed by atoms with Gasteiger partial charge in [0.1, 0.15) is 5.82 Å².